The number of amides is 2. The van der Waals surface area contributed by atoms with Crippen molar-refractivity contribution in [2.75, 3.05) is 6.61 Å². The number of halogens is 2. The molecule has 7 nitrogen and oxygen atoms in total. The van der Waals surface area contributed by atoms with Crippen LogP contribution >= 0.6 is 0 Å². The van der Waals surface area contributed by atoms with Crippen molar-refractivity contribution in [3.8, 4) is 5.75 Å². The molecule has 3 N–H and O–H groups in total. The van der Waals surface area contributed by atoms with Gasteiger partial charge in [-0.3, -0.25) is 14.0 Å². The number of primary amides is 1. The zero-order valence-corrected chi connectivity index (χ0v) is 15.0. The number of ether oxygens (including phenoxy) is 1. The Balaban J connectivity index is 1.72. The first-order valence-corrected chi connectivity index (χ1v) is 8.84. The van der Waals surface area contributed by atoms with Crippen molar-refractivity contribution in [1.82, 2.24) is 14.7 Å². The van der Waals surface area contributed by atoms with Crippen molar-refractivity contribution < 1.29 is 23.1 Å². The Morgan fingerprint density at radius 2 is 2.21 bits per heavy atom. The van der Waals surface area contributed by atoms with Gasteiger partial charge in [0.2, 0.25) is 0 Å². The molecule has 3 heterocycles. The van der Waals surface area contributed by atoms with Gasteiger partial charge in [0.25, 0.3) is 11.8 Å². The average Bonchev–Trinajstić information content (AvgIpc) is 3.22. The Labute approximate surface area is 158 Å². The van der Waals surface area contributed by atoms with E-state index in [-0.39, 0.29) is 18.6 Å². The fourth-order valence-corrected chi connectivity index (χ4v) is 3.78. The number of alkyl halides is 2. The summed E-state index contributed by atoms with van der Waals surface area (Å²) < 4.78 is 35.5. The van der Waals surface area contributed by atoms with Crippen LogP contribution in [0, 0.1) is 5.92 Å². The maximum atomic E-state index is 14.0. The van der Waals surface area contributed by atoms with Gasteiger partial charge in [0.05, 0.1) is 23.0 Å². The second-order valence-electron chi connectivity index (χ2n) is 6.77. The number of hydrogen-bond acceptors (Lipinski definition) is 4. The number of nitrogens with one attached hydrogen (secondary N) is 1. The number of fused-ring (bicyclic) bond motifs is 3. The number of carbonyl (C=O) groups excluding carboxylic acids is 2. The second kappa shape index (κ2) is 6.43. The van der Waals surface area contributed by atoms with Crippen LogP contribution in [0.4, 0.5) is 8.78 Å². The van der Waals surface area contributed by atoms with Gasteiger partial charge >= 0.3 is 5.92 Å². The molecule has 1 aliphatic heterocycles. The number of nitrogens with two attached hydrogens (primary N) is 1. The Hall–Kier alpha value is -3.23. The van der Waals surface area contributed by atoms with Gasteiger partial charge in [0.15, 0.2) is 0 Å². The number of carbonyl (C=O) groups is 2. The number of rotatable bonds is 5. The first-order chi connectivity index (χ1) is 13.3. The summed E-state index contributed by atoms with van der Waals surface area (Å²) in [7, 11) is 0. The van der Waals surface area contributed by atoms with Gasteiger partial charge in [0, 0.05) is 17.8 Å². The normalized spacial score (nSPS) is 21.2. The first kappa shape index (κ1) is 18.1. The summed E-state index contributed by atoms with van der Waals surface area (Å²) in [5.74, 6) is -5.99. The minimum absolute atomic E-state index is 0.104. The molecular formula is C19H18F2N4O3. The van der Waals surface area contributed by atoms with E-state index >= 15 is 0 Å². The summed E-state index contributed by atoms with van der Waals surface area (Å²) in [5.41, 5.74) is 6.72. The lowest BCUT2D eigenvalue weighted by atomic mass is 9.95. The Morgan fingerprint density at radius 3 is 2.93 bits per heavy atom. The Bertz CT molecular complexity index is 1100. The van der Waals surface area contributed by atoms with E-state index < -0.39 is 29.7 Å². The van der Waals surface area contributed by atoms with Crippen molar-refractivity contribution in [1.29, 1.82) is 0 Å². The van der Waals surface area contributed by atoms with Crippen LogP contribution in [0.5, 0.6) is 5.75 Å². The highest BCUT2D eigenvalue weighted by molar-refractivity contribution is 6.03. The van der Waals surface area contributed by atoms with Crippen molar-refractivity contribution in [2.24, 2.45) is 11.7 Å². The molecule has 1 saturated heterocycles. The van der Waals surface area contributed by atoms with Crippen LogP contribution in [0.15, 0.2) is 36.7 Å². The molecular weight excluding hydrogens is 370 g/mol. The second-order valence-corrected chi connectivity index (χ2v) is 6.77. The standard InChI is InChI=1S/C19H18F2N4O3/c1-2-12-13(24-18(27)19(12,20)21)9-28-14-5-3-4-10-8-11(16(22)26)17-23-6-7-25(17)15(10)14/h3-8,12-13H,2,9H2,1H3,(H2,22,26)(H,24,27)/t12-,13+/m0/s1. The molecule has 2 amide bonds. The van der Waals surface area contributed by atoms with Gasteiger partial charge < -0.3 is 15.8 Å². The maximum absolute atomic E-state index is 14.0. The molecule has 0 aliphatic carbocycles. The molecule has 0 saturated carbocycles. The third kappa shape index (κ3) is 2.65. The number of benzene rings is 1. The molecule has 28 heavy (non-hydrogen) atoms. The summed E-state index contributed by atoms with van der Waals surface area (Å²) in [6, 6.07) is 6.03. The Morgan fingerprint density at radius 1 is 1.43 bits per heavy atom. The zero-order valence-electron chi connectivity index (χ0n) is 15.0. The monoisotopic (exact) mass is 388 g/mol. The zero-order chi connectivity index (χ0) is 20.1. The molecule has 0 unspecified atom stereocenters. The van der Waals surface area contributed by atoms with E-state index in [1.165, 1.54) is 6.20 Å². The minimum Gasteiger partial charge on any atom is -0.489 e. The highest BCUT2D eigenvalue weighted by atomic mass is 19.3. The number of hydrogen-bond donors (Lipinski definition) is 2. The highest BCUT2D eigenvalue weighted by Gasteiger charge is 2.56. The highest BCUT2D eigenvalue weighted by Crippen LogP contribution is 2.36. The molecule has 146 valence electrons. The van der Waals surface area contributed by atoms with Gasteiger partial charge in [-0.2, -0.15) is 8.78 Å². The predicted octanol–water partition coefficient (Wildman–Crippen LogP) is 2.13. The maximum Gasteiger partial charge on any atom is 0.329 e. The molecule has 2 aromatic heterocycles. The lowest BCUT2D eigenvalue weighted by Crippen LogP contribution is -2.35. The third-order valence-electron chi connectivity index (χ3n) is 5.15. The van der Waals surface area contributed by atoms with Crippen molar-refractivity contribution in [3.63, 3.8) is 0 Å². The number of pyridine rings is 1. The summed E-state index contributed by atoms with van der Waals surface area (Å²) >= 11 is 0. The molecule has 0 bridgehead atoms. The van der Waals surface area contributed by atoms with Crippen LogP contribution in [0.2, 0.25) is 0 Å². The molecule has 2 atom stereocenters. The van der Waals surface area contributed by atoms with E-state index in [0.29, 0.717) is 22.3 Å². The molecule has 3 aromatic rings. The van der Waals surface area contributed by atoms with Gasteiger partial charge in [-0.25, -0.2) is 4.98 Å². The smallest absolute Gasteiger partial charge is 0.329 e. The van der Waals surface area contributed by atoms with Gasteiger partial charge in [-0.05, 0) is 18.6 Å². The van der Waals surface area contributed by atoms with E-state index in [2.05, 4.69) is 10.3 Å². The quantitative estimate of drug-likeness (QED) is 0.699. The number of para-hydroxylation sites is 1. The van der Waals surface area contributed by atoms with Gasteiger partial charge in [0.1, 0.15) is 18.0 Å². The summed E-state index contributed by atoms with van der Waals surface area (Å²) in [6.45, 7) is 1.51. The van der Waals surface area contributed by atoms with Crippen LogP contribution in [0.25, 0.3) is 16.6 Å². The van der Waals surface area contributed by atoms with Crippen LogP contribution < -0.4 is 15.8 Å². The number of imidazole rings is 1. The van der Waals surface area contributed by atoms with Crippen LogP contribution in [-0.2, 0) is 4.79 Å². The topological polar surface area (TPSA) is 98.7 Å². The predicted molar refractivity (Wildman–Crippen MR) is 97.4 cm³/mol. The van der Waals surface area contributed by atoms with Crippen LogP contribution in [-0.4, -0.2) is 39.8 Å². The fourth-order valence-electron chi connectivity index (χ4n) is 3.78. The van der Waals surface area contributed by atoms with E-state index in [9.17, 15) is 18.4 Å². The molecule has 1 aliphatic rings. The van der Waals surface area contributed by atoms with Gasteiger partial charge in [-0.1, -0.05) is 19.1 Å². The summed E-state index contributed by atoms with van der Waals surface area (Å²) in [4.78, 5) is 27.5. The Kier molecular flexibility index (Phi) is 4.17. The van der Waals surface area contributed by atoms with E-state index in [1.807, 2.05) is 0 Å². The van der Waals surface area contributed by atoms with E-state index in [0.717, 1.165) is 0 Å². The van der Waals surface area contributed by atoms with Crippen LogP contribution in [0.1, 0.15) is 23.7 Å². The van der Waals surface area contributed by atoms with Crippen molar-refractivity contribution in [3.05, 3.63) is 42.2 Å². The molecule has 0 radical (unpaired) electrons. The van der Waals surface area contributed by atoms with Gasteiger partial charge in [-0.15, -0.1) is 0 Å². The molecule has 1 fully saturated rings. The van der Waals surface area contributed by atoms with E-state index in [4.69, 9.17) is 10.5 Å². The van der Waals surface area contributed by atoms with Crippen molar-refractivity contribution in [2.45, 2.75) is 25.3 Å². The van der Waals surface area contributed by atoms with Crippen molar-refractivity contribution >= 4 is 28.4 Å². The van der Waals surface area contributed by atoms with E-state index in [1.54, 1.807) is 41.8 Å². The first-order valence-electron chi connectivity index (χ1n) is 8.84. The minimum atomic E-state index is -3.41. The summed E-state index contributed by atoms with van der Waals surface area (Å²) in [6.07, 6.45) is 3.34. The SMILES string of the molecule is CC[C@H]1[C@@H](COc2cccc3cc(C(N)=O)c4nccn4c23)NC(=O)C1(F)F. The lowest BCUT2D eigenvalue weighted by Gasteiger charge is -2.21. The largest absolute Gasteiger partial charge is 0.489 e. The number of aromatic nitrogens is 2. The molecule has 1 aromatic carbocycles. The summed E-state index contributed by atoms with van der Waals surface area (Å²) in [5, 5.41) is 3.01. The molecule has 4 rings (SSSR count). The fraction of sp³-hybridized carbons (Fsp3) is 0.316. The molecule has 9 heteroatoms. The third-order valence-corrected chi connectivity index (χ3v) is 5.15. The van der Waals surface area contributed by atoms with Crippen LogP contribution in [0.3, 0.4) is 0 Å². The molecule has 0 spiro atoms. The lowest BCUT2D eigenvalue weighted by molar-refractivity contribution is -0.144. The number of nitrogens with zero attached hydrogens (tertiary/aromatic N) is 2. The average molecular weight is 388 g/mol.